The van der Waals surface area contributed by atoms with Crippen LogP contribution in [0.2, 0.25) is 0 Å². The molecule has 4 atom stereocenters. The number of amides is 2. The van der Waals surface area contributed by atoms with Crippen molar-refractivity contribution in [1.29, 1.82) is 0 Å². The Bertz CT molecular complexity index is 1510. The Morgan fingerprint density at radius 1 is 0.691 bits per heavy atom. The van der Waals surface area contributed by atoms with Gasteiger partial charge in [-0.1, -0.05) is 78.9 Å². The van der Waals surface area contributed by atoms with Gasteiger partial charge in [-0.15, -0.1) is 0 Å². The first-order valence-corrected chi connectivity index (χ1v) is 19.3. The standard InChI is InChI=1S/C42H57N3O10/c1-32(47)39(27-33-5-3-2-4-6-33)44-42(48)43-29-34-7-13-37(14-8-34)41-54-38(28-40(55-41)36-11-9-35(31-46)10-12-36)30-45-15-17-49-19-21-51-23-25-53-26-24-52-22-20-50-18-16-45/h2-14,38-41,46H,15-31H2,1H3,(H2,43,44,48). The van der Waals surface area contributed by atoms with Gasteiger partial charge in [-0.25, -0.2) is 4.79 Å². The van der Waals surface area contributed by atoms with Crippen molar-refractivity contribution in [2.75, 3.05) is 85.7 Å². The zero-order valence-corrected chi connectivity index (χ0v) is 31.9. The molecule has 3 N–H and O–H groups in total. The van der Waals surface area contributed by atoms with Crippen LogP contribution >= 0.6 is 0 Å². The second-order valence-electron chi connectivity index (χ2n) is 13.6. The van der Waals surface area contributed by atoms with Crippen LogP contribution in [-0.2, 0) is 57.5 Å². The van der Waals surface area contributed by atoms with Crippen molar-refractivity contribution >= 4 is 11.8 Å². The van der Waals surface area contributed by atoms with Crippen LogP contribution in [0, 0.1) is 0 Å². The number of ketones is 1. The van der Waals surface area contributed by atoms with E-state index in [0.29, 0.717) is 98.5 Å². The van der Waals surface area contributed by atoms with Crippen molar-refractivity contribution in [2.45, 2.75) is 57.5 Å². The van der Waals surface area contributed by atoms with Crippen LogP contribution in [-0.4, -0.2) is 120 Å². The smallest absolute Gasteiger partial charge is 0.315 e. The van der Waals surface area contributed by atoms with Gasteiger partial charge in [0.2, 0.25) is 0 Å². The molecule has 3 aromatic carbocycles. The van der Waals surface area contributed by atoms with Gasteiger partial charge in [0.05, 0.1) is 90.9 Å². The Labute approximate surface area is 324 Å². The van der Waals surface area contributed by atoms with Crippen molar-refractivity contribution in [2.24, 2.45) is 0 Å². The highest BCUT2D eigenvalue weighted by Gasteiger charge is 2.33. The Morgan fingerprint density at radius 3 is 1.80 bits per heavy atom. The van der Waals surface area contributed by atoms with E-state index in [4.69, 9.17) is 33.2 Å². The number of nitrogens with zero attached hydrogens (tertiary/aromatic N) is 1. The number of aliphatic hydroxyl groups excluding tert-OH is 1. The van der Waals surface area contributed by atoms with Crippen molar-refractivity contribution in [3.8, 4) is 0 Å². The number of nitrogens with one attached hydrogen (secondary N) is 2. The minimum absolute atomic E-state index is 0.0280. The van der Waals surface area contributed by atoms with E-state index < -0.39 is 18.4 Å². The summed E-state index contributed by atoms with van der Waals surface area (Å²) in [6.45, 7) is 8.91. The summed E-state index contributed by atoms with van der Waals surface area (Å²) in [7, 11) is 0. The zero-order chi connectivity index (χ0) is 38.5. The third-order valence-electron chi connectivity index (χ3n) is 9.45. The van der Waals surface area contributed by atoms with Crippen molar-refractivity contribution in [1.82, 2.24) is 15.5 Å². The molecule has 55 heavy (non-hydrogen) atoms. The van der Waals surface area contributed by atoms with E-state index >= 15 is 0 Å². The summed E-state index contributed by atoms with van der Waals surface area (Å²) in [5.41, 5.74) is 4.56. The minimum Gasteiger partial charge on any atom is -0.392 e. The number of ether oxygens (including phenoxy) is 7. The lowest BCUT2D eigenvalue weighted by molar-refractivity contribution is -0.253. The SMILES string of the molecule is CC(=O)C(Cc1ccccc1)NC(=O)NCc1ccc(C2OC(CN3CCOCCOCCOCCOCCOCC3)CC(c3ccc(CO)cc3)O2)cc1. The summed E-state index contributed by atoms with van der Waals surface area (Å²) in [4.78, 5) is 27.3. The van der Waals surface area contributed by atoms with Crippen LogP contribution in [0.15, 0.2) is 78.9 Å². The predicted molar refractivity (Wildman–Crippen MR) is 205 cm³/mol. The first kappa shape index (κ1) is 42.4. The molecule has 0 spiro atoms. The highest BCUT2D eigenvalue weighted by molar-refractivity contribution is 5.87. The lowest BCUT2D eigenvalue weighted by Crippen LogP contribution is -2.46. The Morgan fingerprint density at radius 2 is 1.24 bits per heavy atom. The summed E-state index contributed by atoms with van der Waals surface area (Å²) in [5, 5.41) is 15.3. The highest BCUT2D eigenvalue weighted by atomic mass is 16.7. The van der Waals surface area contributed by atoms with Gasteiger partial charge < -0.3 is 48.9 Å². The normalized spacial score (nSPS) is 22.1. The van der Waals surface area contributed by atoms with Crippen LogP contribution in [0.4, 0.5) is 4.79 Å². The lowest BCUT2D eigenvalue weighted by Gasteiger charge is -2.38. The van der Waals surface area contributed by atoms with Gasteiger partial charge in [-0.3, -0.25) is 9.69 Å². The molecule has 0 aliphatic carbocycles. The van der Waals surface area contributed by atoms with Gasteiger partial charge in [0, 0.05) is 38.2 Å². The fourth-order valence-corrected chi connectivity index (χ4v) is 6.31. The first-order valence-electron chi connectivity index (χ1n) is 19.3. The zero-order valence-electron chi connectivity index (χ0n) is 31.9. The quantitative estimate of drug-likeness (QED) is 0.259. The largest absolute Gasteiger partial charge is 0.392 e. The molecular formula is C42H57N3O10. The molecule has 2 aliphatic heterocycles. The maximum absolute atomic E-state index is 12.8. The number of hydrogen-bond donors (Lipinski definition) is 3. The van der Waals surface area contributed by atoms with E-state index in [9.17, 15) is 14.7 Å². The molecule has 5 rings (SSSR count). The number of aliphatic hydroxyl groups is 1. The van der Waals surface area contributed by atoms with E-state index in [0.717, 1.165) is 27.8 Å². The average molecular weight is 764 g/mol. The molecule has 4 unspecified atom stereocenters. The Kier molecular flexibility index (Phi) is 18.5. The minimum atomic E-state index is -0.632. The number of carbonyl (C=O) groups excluding carboxylic acids is 2. The number of rotatable bonds is 11. The maximum atomic E-state index is 12.8. The van der Waals surface area contributed by atoms with Gasteiger partial charge in [-0.2, -0.15) is 0 Å². The van der Waals surface area contributed by atoms with Crippen molar-refractivity contribution in [3.63, 3.8) is 0 Å². The fraction of sp³-hybridized carbons (Fsp3) is 0.524. The molecule has 300 valence electrons. The molecule has 2 fully saturated rings. The van der Waals surface area contributed by atoms with Crippen LogP contribution in [0.5, 0.6) is 0 Å². The summed E-state index contributed by atoms with van der Waals surface area (Å²) in [6, 6.07) is 24.2. The van der Waals surface area contributed by atoms with E-state index in [-0.39, 0.29) is 31.1 Å². The van der Waals surface area contributed by atoms with Crippen LogP contribution in [0.3, 0.4) is 0 Å². The summed E-state index contributed by atoms with van der Waals surface area (Å²) < 4.78 is 41.8. The second-order valence-corrected chi connectivity index (χ2v) is 13.6. The monoisotopic (exact) mass is 763 g/mol. The number of hydrogen-bond acceptors (Lipinski definition) is 11. The third kappa shape index (κ3) is 15.4. The maximum Gasteiger partial charge on any atom is 0.315 e. The number of carbonyl (C=O) groups is 2. The molecule has 0 bridgehead atoms. The molecule has 3 aromatic rings. The Hall–Kier alpha value is -3.76. The molecule has 0 saturated carbocycles. The molecule has 0 radical (unpaired) electrons. The molecule has 13 nitrogen and oxygen atoms in total. The van der Waals surface area contributed by atoms with Crippen LogP contribution in [0.25, 0.3) is 0 Å². The van der Waals surface area contributed by atoms with E-state index in [1.807, 2.05) is 78.9 Å². The summed E-state index contributed by atoms with van der Waals surface area (Å²) >= 11 is 0. The highest BCUT2D eigenvalue weighted by Crippen LogP contribution is 2.38. The van der Waals surface area contributed by atoms with Gasteiger partial charge >= 0.3 is 6.03 Å². The molecule has 2 amide bonds. The summed E-state index contributed by atoms with van der Waals surface area (Å²) in [6.07, 6.45) is 0.0267. The molecule has 0 aromatic heterocycles. The van der Waals surface area contributed by atoms with Gasteiger partial charge in [0.15, 0.2) is 12.1 Å². The number of urea groups is 1. The lowest BCUT2D eigenvalue weighted by atomic mass is 9.99. The fourth-order valence-electron chi connectivity index (χ4n) is 6.31. The number of Topliss-reactive ketones (excluding diaryl/α,β-unsaturated/α-hetero) is 1. The molecule has 2 aliphatic rings. The third-order valence-corrected chi connectivity index (χ3v) is 9.45. The number of benzene rings is 3. The van der Waals surface area contributed by atoms with E-state index in [2.05, 4.69) is 15.5 Å². The molecular weight excluding hydrogens is 706 g/mol. The van der Waals surface area contributed by atoms with E-state index in [1.165, 1.54) is 6.92 Å². The van der Waals surface area contributed by atoms with Gasteiger partial charge in [0.25, 0.3) is 0 Å². The topological polar surface area (TPSA) is 146 Å². The van der Waals surface area contributed by atoms with Crippen LogP contribution < -0.4 is 10.6 Å². The molecule has 13 heteroatoms. The molecule has 2 saturated heterocycles. The van der Waals surface area contributed by atoms with Gasteiger partial charge in [0.1, 0.15) is 0 Å². The average Bonchev–Trinajstić information content (AvgIpc) is 3.21. The second kappa shape index (κ2) is 24.0. The predicted octanol–water partition coefficient (Wildman–Crippen LogP) is 4.12. The van der Waals surface area contributed by atoms with Crippen molar-refractivity contribution < 1.29 is 47.9 Å². The van der Waals surface area contributed by atoms with Crippen LogP contribution in [0.1, 0.15) is 53.6 Å². The van der Waals surface area contributed by atoms with Crippen molar-refractivity contribution in [3.05, 3.63) is 107 Å². The summed E-state index contributed by atoms with van der Waals surface area (Å²) in [5.74, 6) is -0.106. The first-order chi connectivity index (χ1) is 27.0. The van der Waals surface area contributed by atoms with E-state index in [1.54, 1.807) is 0 Å². The van der Waals surface area contributed by atoms with Gasteiger partial charge in [-0.05, 0) is 35.6 Å². The molecule has 2 heterocycles. The Balaban J connectivity index is 1.20.